The molecule has 26 heavy (non-hydrogen) atoms. The number of nitrogens with zero attached hydrogens (tertiary/aromatic N) is 4. The molecular weight excluding hydrogens is 330 g/mol. The van der Waals surface area contributed by atoms with Gasteiger partial charge in [-0.2, -0.15) is 4.98 Å². The fourth-order valence-corrected chi connectivity index (χ4v) is 3.20. The molecule has 2 aromatic rings. The van der Waals surface area contributed by atoms with Gasteiger partial charge in [-0.1, -0.05) is 30.3 Å². The summed E-state index contributed by atoms with van der Waals surface area (Å²) in [5.74, 6) is 1.62. The maximum absolute atomic E-state index is 12.5. The summed E-state index contributed by atoms with van der Waals surface area (Å²) in [6.07, 6.45) is 1.81. The Kier molecular flexibility index (Phi) is 6.09. The van der Waals surface area contributed by atoms with E-state index in [1.54, 1.807) is 4.90 Å². The monoisotopic (exact) mass is 357 g/mol. The van der Waals surface area contributed by atoms with E-state index in [4.69, 9.17) is 4.52 Å². The number of aryl methyl sites for hydroxylation is 1. The van der Waals surface area contributed by atoms with Crippen LogP contribution in [-0.4, -0.2) is 47.3 Å². The zero-order valence-electron chi connectivity index (χ0n) is 15.5. The molecule has 1 aliphatic heterocycles. The number of anilines is 1. The maximum Gasteiger partial charge on any atom is 0.317 e. The Bertz CT molecular complexity index is 703. The van der Waals surface area contributed by atoms with Crippen LogP contribution in [-0.2, 0) is 13.0 Å². The molecular formula is C19H27N5O2. The first-order valence-corrected chi connectivity index (χ1v) is 9.33. The minimum absolute atomic E-state index is 0.0816. The average Bonchev–Trinajstić information content (AvgIpc) is 3.34. The second-order valence-corrected chi connectivity index (χ2v) is 6.59. The van der Waals surface area contributed by atoms with Crippen LogP contribution < -0.4 is 10.2 Å². The quantitative estimate of drug-likeness (QED) is 0.825. The lowest BCUT2D eigenvalue weighted by Gasteiger charge is -2.21. The second-order valence-electron chi connectivity index (χ2n) is 6.59. The average molecular weight is 357 g/mol. The van der Waals surface area contributed by atoms with Gasteiger partial charge in [-0.05, 0) is 31.4 Å². The predicted octanol–water partition coefficient (Wildman–Crippen LogP) is 2.69. The molecule has 7 nitrogen and oxygen atoms in total. The molecule has 1 N–H and O–H groups in total. The van der Waals surface area contributed by atoms with Crippen molar-refractivity contribution in [3.05, 3.63) is 42.0 Å². The predicted molar refractivity (Wildman–Crippen MR) is 99.9 cm³/mol. The first kappa shape index (κ1) is 18.2. The van der Waals surface area contributed by atoms with Gasteiger partial charge in [0.05, 0.1) is 0 Å². The summed E-state index contributed by atoms with van der Waals surface area (Å²) in [6.45, 7) is 7.54. The number of nitrogens with one attached hydrogen (secondary N) is 1. The van der Waals surface area contributed by atoms with E-state index in [2.05, 4.69) is 44.6 Å². The third kappa shape index (κ3) is 4.53. The van der Waals surface area contributed by atoms with E-state index in [0.29, 0.717) is 37.3 Å². The molecule has 2 heterocycles. The molecule has 1 fully saturated rings. The molecule has 0 unspecified atom stereocenters. The van der Waals surface area contributed by atoms with Gasteiger partial charge < -0.3 is 19.6 Å². The van der Waals surface area contributed by atoms with Crippen molar-refractivity contribution in [1.82, 2.24) is 20.4 Å². The summed E-state index contributed by atoms with van der Waals surface area (Å²) >= 11 is 0. The number of urea groups is 1. The first-order chi connectivity index (χ1) is 12.7. The summed E-state index contributed by atoms with van der Waals surface area (Å²) in [7, 11) is 0. The van der Waals surface area contributed by atoms with Crippen molar-refractivity contribution < 1.29 is 9.32 Å². The van der Waals surface area contributed by atoms with Crippen molar-refractivity contribution in [3.8, 4) is 0 Å². The van der Waals surface area contributed by atoms with Crippen molar-refractivity contribution in [2.24, 2.45) is 5.92 Å². The van der Waals surface area contributed by atoms with Gasteiger partial charge in [0.1, 0.15) is 6.54 Å². The number of benzene rings is 1. The van der Waals surface area contributed by atoms with Crippen LogP contribution >= 0.6 is 0 Å². The Morgan fingerprint density at radius 1 is 1.35 bits per heavy atom. The van der Waals surface area contributed by atoms with Gasteiger partial charge in [0.2, 0.25) is 5.89 Å². The highest BCUT2D eigenvalue weighted by atomic mass is 16.5. The summed E-state index contributed by atoms with van der Waals surface area (Å²) < 4.78 is 5.19. The van der Waals surface area contributed by atoms with E-state index in [1.165, 1.54) is 5.69 Å². The molecule has 0 bridgehead atoms. The molecule has 0 saturated carbocycles. The standard InChI is InChI=1S/C19H27N5O2/c1-3-17-21-18(26-22-17)14-23(4-2)19(25)20-12-15-10-11-24(13-15)16-8-6-5-7-9-16/h5-9,15H,3-4,10-14H2,1-2H3,(H,20,25)/t15-/m0/s1. The minimum Gasteiger partial charge on any atom is -0.371 e. The number of hydrogen-bond donors (Lipinski definition) is 1. The molecule has 1 aromatic heterocycles. The molecule has 1 saturated heterocycles. The molecule has 7 heteroatoms. The van der Waals surface area contributed by atoms with E-state index in [9.17, 15) is 4.79 Å². The molecule has 1 atom stereocenters. The number of carbonyl (C=O) groups is 1. The fraction of sp³-hybridized carbons (Fsp3) is 0.526. The summed E-state index contributed by atoms with van der Waals surface area (Å²) in [6, 6.07) is 10.3. The Balaban J connectivity index is 1.46. The van der Waals surface area contributed by atoms with Crippen molar-refractivity contribution in [3.63, 3.8) is 0 Å². The first-order valence-electron chi connectivity index (χ1n) is 9.33. The number of hydrogen-bond acceptors (Lipinski definition) is 5. The highest BCUT2D eigenvalue weighted by molar-refractivity contribution is 5.74. The summed E-state index contributed by atoms with van der Waals surface area (Å²) in [5.41, 5.74) is 1.25. The van der Waals surface area contributed by atoms with Gasteiger partial charge >= 0.3 is 6.03 Å². The van der Waals surface area contributed by atoms with Crippen LogP contribution in [0.4, 0.5) is 10.5 Å². The van der Waals surface area contributed by atoms with Crippen molar-refractivity contribution in [2.45, 2.75) is 33.2 Å². The number of carbonyl (C=O) groups excluding carboxylic acids is 1. The molecule has 1 aromatic carbocycles. The Hall–Kier alpha value is -2.57. The number of para-hydroxylation sites is 1. The maximum atomic E-state index is 12.5. The topological polar surface area (TPSA) is 74.5 Å². The fourth-order valence-electron chi connectivity index (χ4n) is 3.20. The Labute approximate surface area is 154 Å². The Morgan fingerprint density at radius 3 is 2.85 bits per heavy atom. The van der Waals surface area contributed by atoms with Gasteiger partial charge in [0, 0.05) is 38.3 Å². The van der Waals surface area contributed by atoms with Gasteiger partial charge in [-0.25, -0.2) is 4.79 Å². The molecule has 0 aliphatic carbocycles. The van der Waals surface area contributed by atoms with Crippen LogP contribution in [0.5, 0.6) is 0 Å². The Morgan fingerprint density at radius 2 is 2.15 bits per heavy atom. The zero-order chi connectivity index (χ0) is 18.4. The number of rotatable bonds is 7. The van der Waals surface area contributed by atoms with Gasteiger partial charge in [0.15, 0.2) is 5.82 Å². The van der Waals surface area contributed by atoms with Crippen LogP contribution in [0.25, 0.3) is 0 Å². The molecule has 0 radical (unpaired) electrons. The third-order valence-electron chi connectivity index (χ3n) is 4.77. The highest BCUT2D eigenvalue weighted by Gasteiger charge is 2.24. The van der Waals surface area contributed by atoms with Crippen LogP contribution in [0.3, 0.4) is 0 Å². The SMILES string of the molecule is CCc1noc(CN(CC)C(=O)NC[C@@H]2CCN(c3ccccc3)C2)n1. The van der Waals surface area contributed by atoms with E-state index in [0.717, 1.165) is 25.9 Å². The molecule has 140 valence electrons. The van der Waals surface area contributed by atoms with Crippen molar-refractivity contribution in [2.75, 3.05) is 31.1 Å². The highest BCUT2D eigenvalue weighted by Crippen LogP contribution is 2.23. The van der Waals surface area contributed by atoms with Crippen LogP contribution in [0, 0.1) is 5.92 Å². The largest absolute Gasteiger partial charge is 0.371 e. The molecule has 2 amide bonds. The van der Waals surface area contributed by atoms with Crippen molar-refractivity contribution >= 4 is 11.7 Å². The van der Waals surface area contributed by atoms with Crippen LogP contribution in [0.2, 0.25) is 0 Å². The van der Waals surface area contributed by atoms with E-state index in [-0.39, 0.29) is 6.03 Å². The van der Waals surface area contributed by atoms with E-state index >= 15 is 0 Å². The van der Waals surface area contributed by atoms with Crippen molar-refractivity contribution in [1.29, 1.82) is 0 Å². The van der Waals surface area contributed by atoms with Gasteiger partial charge in [0.25, 0.3) is 0 Å². The normalized spacial score (nSPS) is 16.7. The zero-order valence-corrected chi connectivity index (χ0v) is 15.5. The lowest BCUT2D eigenvalue weighted by Crippen LogP contribution is -2.41. The van der Waals surface area contributed by atoms with Crippen LogP contribution in [0.15, 0.2) is 34.9 Å². The van der Waals surface area contributed by atoms with E-state index < -0.39 is 0 Å². The third-order valence-corrected chi connectivity index (χ3v) is 4.77. The lowest BCUT2D eigenvalue weighted by atomic mass is 10.1. The van der Waals surface area contributed by atoms with Crippen LogP contribution in [0.1, 0.15) is 32.0 Å². The smallest absolute Gasteiger partial charge is 0.317 e. The lowest BCUT2D eigenvalue weighted by molar-refractivity contribution is 0.188. The van der Waals surface area contributed by atoms with E-state index in [1.807, 2.05) is 19.9 Å². The number of aromatic nitrogens is 2. The number of amides is 2. The summed E-state index contributed by atoms with van der Waals surface area (Å²) in [4.78, 5) is 20.8. The van der Waals surface area contributed by atoms with Gasteiger partial charge in [-0.3, -0.25) is 0 Å². The minimum atomic E-state index is -0.0816. The molecule has 3 rings (SSSR count). The summed E-state index contributed by atoms with van der Waals surface area (Å²) in [5, 5.41) is 6.94. The van der Waals surface area contributed by atoms with Gasteiger partial charge in [-0.15, -0.1) is 0 Å². The molecule has 0 spiro atoms. The second kappa shape index (κ2) is 8.69. The molecule has 1 aliphatic rings.